The Morgan fingerprint density at radius 2 is 1.05 bits per heavy atom. The maximum atomic E-state index is 11.8. The first-order chi connectivity index (χ1) is 9.84. The smallest absolute Gasteiger partial charge is 0.152 e. The Hall–Kier alpha value is 0.370. The second-order valence-electron chi connectivity index (χ2n) is 6.40. The summed E-state index contributed by atoms with van der Waals surface area (Å²) in [5, 5.41) is 1.50. The van der Waals surface area contributed by atoms with Gasteiger partial charge < -0.3 is 0 Å². The molecule has 2 fully saturated rings. The van der Waals surface area contributed by atoms with Gasteiger partial charge in [0.2, 0.25) is 0 Å². The molecule has 1 saturated carbocycles. The molecular weight excluding hydrogens is 284 g/mol. The van der Waals surface area contributed by atoms with Crippen LogP contribution in [-0.4, -0.2) is 27.8 Å². The molecule has 0 spiro atoms. The number of carbonyl (C=O) groups excluding carboxylic acids is 1. The van der Waals surface area contributed by atoms with Gasteiger partial charge in [0.05, 0.1) is 11.5 Å². The highest BCUT2D eigenvalue weighted by molar-refractivity contribution is 8.02. The standard InChI is InChI=1S/C17H30OS2/c18-15-13-19-16-10-8-6-4-2-1-3-5-7-9-11-17(12-16)20-14-15/h16-17H,1-14H2. The molecule has 2 atom stereocenters. The van der Waals surface area contributed by atoms with E-state index in [-0.39, 0.29) is 0 Å². The van der Waals surface area contributed by atoms with Crippen LogP contribution in [0.25, 0.3) is 0 Å². The zero-order chi connectivity index (χ0) is 14.0. The lowest BCUT2D eigenvalue weighted by Crippen LogP contribution is -2.21. The van der Waals surface area contributed by atoms with Crippen molar-refractivity contribution < 1.29 is 4.79 Å². The molecule has 0 amide bonds. The van der Waals surface area contributed by atoms with Crippen molar-refractivity contribution in [3.05, 3.63) is 0 Å². The van der Waals surface area contributed by atoms with E-state index in [1.165, 1.54) is 77.0 Å². The Morgan fingerprint density at radius 1 is 0.650 bits per heavy atom. The Morgan fingerprint density at radius 3 is 1.50 bits per heavy atom. The molecule has 20 heavy (non-hydrogen) atoms. The third-order valence-electron chi connectivity index (χ3n) is 4.54. The Kier molecular flexibility index (Phi) is 8.50. The number of hydrogen-bond acceptors (Lipinski definition) is 3. The molecule has 1 saturated heterocycles. The molecule has 0 aromatic rings. The summed E-state index contributed by atoms with van der Waals surface area (Å²) in [6.45, 7) is 0. The largest absolute Gasteiger partial charge is 0.298 e. The predicted octanol–water partition coefficient (Wildman–Crippen LogP) is 5.47. The van der Waals surface area contributed by atoms with Gasteiger partial charge in [-0.25, -0.2) is 0 Å². The topological polar surface area (TPSA) is 17.1 Å². The van der Waals surface area contributed by atoms with Crippen molar-refractivity contribution in [3.8, 4) is 0 Å². The fourth-order valence-corrected chi connectivity index (χ4v) is 5.98. The second-order valence-corrected chi connectivity index (χ2v) is 8.98. The van der Waals surface area contributed by atoms with Crippen molar-refractivity contribution in [2.24, 2.45) is 0 Å². The minimum Gasteiger partial charge on any atom is -0.298 e. The molecule has 1 aliphatic heterocycles. The number of hydrogen-bond donors (Lipinski definition) is 0. The molecule has 1 aliphatic carbocycles. The highest BCUT2D eigenvalue weighted by Crippen LogP contribution is 2.33. The monoisotopic (exact) mass is 314 g/mol. The lowest BCUT2D eigenvalue weighted by Gasteiger charge is -2.25. The lowest BCUT2D eigenvalue weighted by molar-refractivity contribution is -0.114. The van der Waals surface area contributed by atoms with Gasteiger partial charge in [0.25, 0.3) is 0 Å². The van der Waals surface area contributed by atoms with E-state index in [0.29, 0.717) is 5.78 Å². The van der Waals surface area contributed by atoms with Gasteiger partial charge in [-0.05, 0) is 19.3 Å². The third kappa shape index (κ3) is 6.89. The molecule has 0 aromatic carbocycles. The van der Waals surface area contributed by atoms with E-state index in [9.17, 15) is 4.79 Å². The van der Waals surface area contributed by atoms with Crippen LogP contribution in [0, 0.1) is 0 Å². The quantitative estimate of drug-likeness (QED) is 0.590. The molecule has 0 radical (unpaired) electrons. The zero-order valence-electron chi connectivity index (χ0n) is 12.8. The van der Waals surface area contributed by atoms with Crippen LogP contribution in [0.4, 0.5) is 0 Å². The van der Waals surface area contributed by atoms with Gasteiger partial charge >= 0.3 is 0 Å². The minimum atomic E-state index is 0.468. The normalized spacial score (nSPS) is 31.9. The van der Waals surface area contributed by atoms with Gasteiger partial charge in [-0.2, -0.15) is 23.5 Å². The average Bonchev–Trinajstić information content (AvgIpc) is 2.44. The lowest BCUT2D eigenvalue weighted by atomic mass is 10.0. The molecule has 0 N–H and O–H groups in total. The summed E-state index contributed by atoms with van der Waals surface area (Å²) in [7, 11) is 0. The second kappa shape index (κ2) is 10.2. The molecule has 2 aliphatic rings. The summed E-state index contributed by atoms with van der Waals surface area (Å²) in [5.74, 6) is 2.00. The summed E-state index contributed by atoms with van der Waals surface area (Å²) in [6, 6.07) is 0. The van der Waals surface area contributed by atoms with Crippen LogP contribution < -0.4 is 0 Å². The maximum Gasteiger partial charge on any atom is 0.152 e. The molecule has 1 heterocycles. The molecule has 116 valence electrons. The van der Waals surface area contributed by atoms with E-state index < -0.39 is 0 Å². The molecule has 2 bridgehead atoms. The number of fused-ring (bicyclic) bond motifs is 2. The highest BCUT2D eigenvalue weighted by Gasteiger charge is 2.22. The van der Waals surface area contributed by atoms with E-state index in [4.69, 9.17) is 0 Å². The minimum absolute atomic E-state index is 0.468. The van der Waals surface area contributed by atoms with Crippen LogP contribution in [0.3, 0.4) is 0 Å². The van der Waals surface area contributed by atoms with Crippen molar-refractivity contribution >= 4 is 29.3 Å². The van der Waals surface area contributed by atoms with E-state index in [1.807, 2.05) is 23.5 Å². The summed E-state index contributed by atoms with van der Waals surface area (Å²) in [6.07, 6.45) is 16.8. The average molecular weight is 315 g/mol. The van der Waals surface area contributed by atoms with Gasteiger partial charge in [-0.3, -0.25) is 4.79 Å². The maximum absolute atomic E-state index is 11.8. The first-order valence-corrected chi connectivity index (χ1v) is 10.7. The van der Waals surface area contributed by atoms with Crippen molar-refractivity contribution in [2.75, 3.05) is 11.5 Å². The SMILES string of the molecule is O=C1CSC2CCCCCCCCCCCC(C2)SC1. The van der Waals surface area contributed by atoms with Gasteiger partial charge in [0.1, 0.15) is 0 Å². The predicted molar refractivity (Wildman–Crippen MR) is 92.9 cm³/mol. The fraction of sp³-hybridized carbons (Fsp3) is 0.941. The highest BCUT2D eigenvalue weighted by atomic mass is 32.2. The first-order valence-electron chi connectivity index (χ1n) is 8.59. The summed E-state index contributed by atoms with van der Waals surface area (Å²) in [4.78, 5) is 11.8. The number of Topliss-reactive ketones (excluding diaryl/α,β-unsaturated/α-hetero) is 1. The van der Waals surface area contributed by atoms with E-state index in [2.05, 4.69) is 0 Å². The summed E-state index contributed by atoms with van der Waals surface area (Å²) in [5.41, 5.74) is 0. The van der Waals surface area contributed by atoms with Crippen LogP contribution in [0.15, 0.2) is 0 Å². The molecule has 0 aromatic heterocycles. The van der Waals surface area contributed by atoms with Gasteiger partial charge in [0.15, 0.2) is 5.78 Å². The number of thioether (sulfide) groups is 2. The van der Waals surface area contributed by atoms with Gasteiger partial charge in [-0.15, -0.1) is 0 Å². The molecule has 2 rings (SSSR count). The molecule has 1 nitrogen and oxygen atoms in total. The first kappa shape index (κ1) is 16.7. The number of carbonyl (C=O) groups is 1. The Bertz CT molecular complexity index is 256. The van der Waals surface area contributed by atoms with E-state index >= 15 is 0 Å². The summed E-state index contributed by atoms with van der Waals surface area (Å²) < 4.78 is 0. The number of ketones is 1. The van der Waals surface area contributed by atoms with Crippen molar-refractivity contribution in [2.45, 2.75) is 87.5 Å². The van der Waals surface area contributed by atoms with Crippen LogP contribution >= 0.6 is 23.5 Å². The van der Waals surface area contributed by atoms with E-state index in [1.54, 1.807) is 0 Å². The Balaban J connectivity index is 1.85. The van der Waals surface area contributed by atoms with Crippen LogP contribution in [0.5, 0.6) is 0 Å². The molecular formula is C17H30OS2. The van der Waals surface area contributed by atoms with Crippen LogP contribution in [0.2, 0.25) is 0 Å². The summed E-state index contributed by atoms with van der Waals surface area (Å²) >= 11 is 3.92. The van der Waals surface area contributed by atoms with Crippen molar-refractivity contribution in [1.29, 1.82) is 0 Å². The third-order valence-corrected chi connectivity index (χ3v) is 7.31. The van der Waals surface area contributed by atoms with Crippen molar-refractivity contribution in [1.82, 2.24) is 0 Å². The number of rotatable bonds is 0. The fourth-order valence-electron chi connectivity index (χ4n) is 3.28. The van der Waals surface area contributed by atoms with Gasteiger partial charge in [0, 0.05) is 10.5 Å². The van der Waals surface area contributed by atoms with Crippen molar-refractivity contribution in [3.63, 3.8) is 0 Å². The Labute approximate surface area is 133 Å². The van der Waals surface area contributed by atoms with Crippen LogP contribution in [-0.2, 0) is 4.79 Å². The van der Waals surface area contributed by atoms with Gasteiger partial charge in [-0.1, -0.05) is 57.8 Å². The van der Waals surface area contributed by atoms with Crippen LogP contribution in [0.1, 0.15) is 77.0 Å². The molecule has 2 unspecified atom stereocenters. The zero-order valence-corrected chi connectivity index (χ0v) is 14.4. The van der Waals surface area contributed by atoms with E-state index in [0.717, 1.165) is 22.0 Å². The molecule has 3 heteroatoms.